The van der Waals surface area contributed by atoms with Crippen molar-refractivity contribution >= 4 is 5.91 Å². The summed E-state index contributed by atoms with van der Waals surface area (Å²) in [6, 6.07) is 7.88. The maximum Gasteiger partial charge on any atom is 0.224 e. The predicted octanol–water partition coefficient (Wildman–Crippen LogP) is 1.15. The molecule has 1 unspecified atom stereocenters. The molecule has 1 aromatic rings. The van der Waals surface area contributed by atoms with Gasteiger partial charge in [-0.2, -0.15) is 0 Å². The molecule has 20 heavy (non-hydrogen) atoms. The highest BCUT2D eigenvalue weighted by atomic mass is 16.1. The van der Waals surface area contributed by atoms with Crippen LogP contribution in [0.2, 0.25) is 0 Å². The zero-order valence-corrected chi connectivity index (χ0v) is 12.3. The Balaban J connectivity index is 1.78. The highest BCUT2D eigenvalue weighted by Gasteiger charge is 2.21. The summed E-state index contributed by atoms with van der Waals surface area (Å²) in [7, 11) is 0. The van der Waals surface area contributed by atoms with Crippen LogP contribution in [0.5, 0.6) is 0 Å². The molecule has 4 nitrogen and oxygen atoms in total. The molecule has 1 aliphatic rings. The molecule has 1 atom stereocenters. The normalized spacial score (nSPS) is 19.2. The summed E-state index contributed by atoms with van der Waals surface area (Å²) < 4.78 is 0. The molecule has 1 amide bonds. The summed E-state index contributed by atoms with van der Waals surface area (Å²) in [6.07, 6.45) is 1.62. The second kappa shape index (κ2) is 7.41. The molecule has 1 aromatic carbocycles. The fourth-order valence-corrected chi connectivity index (χ4v) is 2.79. The van der Waals surface area contributed by atoms with Gasteiger partial charge in [0.25, 0.3) is 0 Å². The van der Waals surface area contributed by atoms with Gasteiger partial charge in [0.15, 0.2) is 0 Å². The molecule has 1 saturated heterocycles. The maximum atomic E-state index is 12.0. The van der Waals surface area contributed by atoms with Crippen molar-refractivity contribution in [3.63, 3.8) is 0 Å². The van der Waals surface area contributed by atoms with E-state index in [1.54, 1.807) is 0 Å². The highest BCUT2D eigenvalue weighted by molar-refractivity contribution is 5.78. The topological polar surface area (TPSA) is 58.4 Å². The first-order chi connectivity index (χ1) is 9.72. The molecule has 0 bridgehead atoms. The minimum atomic E-state index is 0.0980. The Morgan fingerprint density at radius 3 is 2.80 bits per heavy atom. The molecule has 1 heterocycles. The number of nitrogens with one attached hydrogen (secondary N) is 1. The monoisotopic (exact) mass is 275 g/mol. The molecular weight excluding hydrogens is 250 g/mol. The zero-order chi connectivity index (χ0) is 14.4. The van der Waals surface area contributed by atoms with Crippen molar-refractivity contribution < 1.29 is 4.79 Å². The molecule has 0 spiro atoms. The lowest BCUT2D eigenvalue weighted by atomic mass is 10.0. The van der Waals surface area contributed by atoms with E-state index in [1.165, 1.54) is 6.42 Å². The SMILES string of the molecule is CCN1CCC(CNC(=O)Cc2ccccc2CN)C1. The van der Waals surface area contributed by atoms with Crippen LogP contribution in [0.4, 0.5) is 0 Å². The highest BCUT2D eigenvalue weighted by Crippen LogP contribution is 2.14. The fraction of sp³-hybridized carbons (Fsp3) is 0.562. The van der Waals surface area contributed by atoms with Gasteiger partial charge in [0, 0.05) is 19.6 Å². The van der Waals surface area contributed by atoms with Crippen molar-refractivity contribution in [3.05, 3.63) is 35.4 Å². The van der Waals surface area contributed by atoms with Crippen LogP contribution in [0.15, 0.2) is 24.3 Å². The van der Waals surface area contributed by atoms with Gasteiger partial charge in [-0.1, -0.05) is 31.2 Å². The molecule has 110 valence electrons. The summed E-state index contributed by atoms with van der Waals surface area (Å²) >= 11 is 0. The smallest absolute Gasteiger partial charge is 0.224 e. The molecule has 0 saturated carbocycles. The summed E-state index contributed by atoms with van der Waals surface area (Å²) in [4.78, 5) is 14.5. The van der Waals surface area contributed by atoms with Crippen LogP contribution in [0.25, 0.3) is 0 Å². The number of hydrogen-bond donors (Lipinski definition) is 2. The third-order valence-electron chi connectivity index (χ3n) is 4.09. The second-order valence-corrected chi connectivity index (χ2v) is 5.50. The molecule has 2 rings (SSSR count). The molecule has 1 fully saturated rings. The van der Waals surface area contributed by atoms with Gasteiger partial charge in [-0.3, -0.25) is 4.79 Å². The van der Waals surface area contributed by atoms with Gasteiger partial charge >= 0.3 is 0 Å². The third-order valence-corrected chi connectivity index (χ3v) is 4.09. The third kappa shape index (κ3) is 4.05. The van der Waals surface area contributed by atoms with E-state index in [1.807, 2.05) is 24.3 Å². The zero-order valence-electron chi connectivity index (χ0n) is 12.3. The van der Waals surface area contributed by atoms with E-state index in [0.29, 0.717) is 18.9 Å². The molecule has 1 aliphatic heterocycles. The van der Waals surface area contributed by atoms with Crippen molar-refractivity contribution in [2.24, 2.45) is 11.7 Å². The van der Waals surface area contributed by atoms with Gasteiger partial charge in [-0.25, -0.2) is 0 Å². The largest absolute Gasteiger partial charge is 0.355 e. The minimum absolute atomic E-state index is 0.0980. The van der Waals surface area contributed by atoms with Gasteiger partial charge in [0.2, 0.25) is 5.91 Å². The van der Waals surface area contributed by atoms with Crippen LogP contribution >= 0.6 is 0 Å². The minimum Gasteiger partial charge on any atom is -0.355 e. The molecule has 0 aliphatic carbocycles. The van der Waals surface area contributed by atoms with Crippen molar-refractivity contribution in [1.29, 1.82) is 0 Å². The van der Waals surface area contributed by atoms with Crippen molar-refractivity contribution in [3.8, 4) is 0 Å². The fourth-order valence-electron chi connectivity index (χ4n) is 2.79. The number of rotatable bonds is 6. The van der Waals surface area contributed by atoms with Gasteiger partial charge in [0.05, 0.1) is 6.42 Å². The Labute approximate surface area is 121 Å². The van der Waals surface area contributed by atoms with Crippen LogP contribution < -0.4 is 11.1 Å². The van der Waals surface area contributed by atoms with E-state index in [0.717, 1.165) is 37.3 Å². The van der Waals surface area contributed by atoms with E-state index in [9.17, 15) is 4.79 Å². The number of nitrogens with zero attached hydrogens (tertiary/aromatic N) is 1. The average molecular weight is 275 g/mol. The van der Waals surface area contributed by atoms with E-state index >= 15 is 0 Å². The number of carbonyl (C=O) groups excluding carboxylic acids is 1. The van der Waals surface area contributed by atoms with E-state index in [4.69, 9.17) is 5.73 Å². The quantitative estimate of drug-likeness (QED) is 0.818. The van der Waals surface area contributed by atoms with Crippen molar-refractivity contribution in [1.82, 2.24) is 10.2 Å². The van der Waals surface area contributed by atoms with Gasteiger partial charge in [-0.05, 0) is 36.6 Å². The summed E-state index contributed by atoms with van der Waals surface area (Å²) in [5.41, 5.74) is 7.79. The number of amides is 1. The molecular formula is C16H25N3O. The van der Waals surface area contributed by atoms with Crippen LogP contribution in [-0.2, 0) is 17.8 Å². The van der Waals surface area contributed by atoms with Crippen molar-refractivity contribution in [2.45, 2.75) is 26.3 Å². The number of nitrogens with two attached hydrogens (primary N) is 1. The summed E-state index contributed by atoms with van der Waals surface area (Å²) in [5.74, 6) is 0.699. The van der Waals surface area contributed by atoms with Crippen LogP contribution in [-0.4, -0.2) is 37.0 Å². The first-order valence-electron chi connectivity index (χ1n) is 7.48. The lowest BCUT2D eigenvalue weighted by Crippen LogP contribution is -2.32. The Morgan fingerprint density at radius 1 is 1.40 bits per heavy atom. The van der Waals surface area contributed by atoms with Crippen LogP contribution in [0.3, 0.4) is 0 Å². The number of carbonyl (C=O) groups is 1. The number of likely N-dealkylation sites (tertiary alicyclic amines) is 1. The first-order valence-corrected chi connectivity index (χ1v) is 7.48. The Hall–Kier alpha value is -1.39. The van der Waals surface area contributed by atoms with Gasteiger partial charge in [0.1, 0.15) is 0 Å². The lowest BCUT2D eigenvalue weighted by molar-refractivity contribution is -0.120. The number of hydrogen-bond acceptors (Lipinski definition) is 3. The van der Waals surface area contributed by atoms with Crippen molar-refractivity contribution in [2.75, 3.05) is 26.2 Å². The average Bonchev–Trinajstić information content (AvgIpc) is 2.94. The number of benzene rings is 1. The molecule has 0 aromatic heterocycles. The van der Waals surface area contributed by atoms with Gasteiger partial charge < -0.3 is 16.0 Å². The molecule has 0 radical (unpaired) electrons. The van der Waals surface area contributed by atoms with Gasteiger partial charge in [-0.15, -0.1) is 0 Å². The standard InChI is InChI=1S/C16H25N3O/c1-2-19-8-7-13(12-19)11-18-16(20)9-14-5-3-4-6-15(14)10-17/h3-6,13H,2,7-12,17H2,1H3,(H,18,20). The first kappa shape index (κ1) is 15.0. The summed E-state index contributed by atoms with van der Waals surface area (Å²) in [6.45, 7) is 6.83. The molecule has 4 heteroatoms. The van der Waals surface area contributed by atoms with E-state index in [2.05, 4.69) is 17.1 Å². The Kier molecular flexibility index (Phi) is 5.56. The predicted molar refractivity (Wildman–Crippen MR) is 81.3 cm³/mol. The van der Waals surface area contributed by atoms with E-state index < -0.39 is 0 Å². The lowest BCUT2D eigenvalue weighted by Gasteiger charge is -2.14. The molecule has 3 N–H and O–H groups in total. The Morgan fingerprint density at radius 2 is 2.15 bits per heavy atom. The maximum absolute atomic E-state index is 12.0. The van der Waals surface area contributed by atoms with Crippen LogP contribution in [0, 0.1) is 5.92 Å². The van der Waals surface area contributed by atoms with Crippen LogP contribution in [0.1, 0.15) is 24.5 Å². The second-order valence-electron chi connectivity index (χ2n) is 5.50. The Bertz CT molecular complexity index is 447. The van der Waals surface area contributed by atoms with E-state index in [-0.39, 0.29) is 5.91 Å². The summed E-state index contributed by atoms with van der Waals surface area (Å²) in [5, 5.41) is 3.06.